The molecule has 0 saturated carbocycles. The van der Waals surface area contributed by atoms with Crippen LogP contribution in [-0.2, 0) is 27.9 Å². The molecule has 3 rings (SSSR count). The van der Waals surface area contributed by atoms with E-state index in [1.54, 1.807) is 12.1 Å². The average Bonchev–Trinajstić information content (AvgIpc) is 3.24. The van der Waals surface area contributed by atoms with Gasteiger partial charge >= 0.3 is 0 Å². The van der Waals surface area contributed by atoms with Crippen molar-refractivity contribution in [2.45, 2.75) is 44.3 Å². The van der Waals surface area contributed by atoms with Crippen LogP contribution in [0.25, 0.3) is 0 Å². The van der Waals surface area contributed by atoms with Gasteiger partial charge in [-0.05, 0) is 69.2 Å². The molecule has 0 bridgehead atoms. The van der Waals surface area contributed by atoms with Gasteiger partial charge in [0.05, 0.1) is 0 Å². The molecule has 0 amide bonds. The predicted octanol–water partition coefficient (Wildman–Crippen LogP) is 4.90. The lowest BCUT2D eigenvalue weighted by molar-refractivity contribution is -0.122. The molecule has 8 nitrogen and oxygen atoms in total. The van der Waals surface area contributed by atoms with Crippen molar-refractivity contribution >= 4 is 39.5 Å². The number of carboxylic acid groups (broad SMARTS) is 1. The maximum Gasteiger partial charge on any atom is 0.290 e. The molecular weight excluding hydrogens is 517 g/mol. The second kappa shape index (κ2) is 12.2. The van der Waals surface area contributed by atoms with Crippen molar-refractivity contribution in [2.24, 2.45) is 0 Å². The Morgan fingerprint density at radius 3 is 2.25 bits per heavy atom. The first kappa shape index (κ1) is 29.1. The number of aromatic nitrogens is 1. The van der Waals surface area contributed by atoms with E-state index in [1.807, 2.05) is 32.5 Å². The third-order valence-electron chi connectivity index (χ3n) is 5.18. The molecule has 0 fully saturated rings. The van der Waals surface area contributed by atoms with Gasteiger partial charge < -0.3 is 10.4 Å². The summed E-state index contributed by atoms with van der Waals surface area (Å²) in [6.07, 6.45) is 0. The molecule has 1 heterocycles. The zero-order chi connectivity index (χ0) is 27.1. The molecule has 0 radical (unpaired) electrons. The SMILES string of the molecule is CN(Cc1cccc(F)c1CNc1cc(F)c(S(=O)(=O)Nc2ccsn2)c(F)c1)C(C)(C)C.O=CO. The van der Waals surface area contributed by atoms with E-state index in [4.69, 9.17) is 9.90 Å². The van der Waals surface area contributed by atoms with Gasteiger partial charge in [-0.25, -0.2) is 21.6 Å². The molecule has 196 valence electrons. The van der Waals surface area contributed by atoms with E-state index < -0.39 is 32.4 Å². The Morgan fingerprint density at radius 1 is 1.11 bits per heavy atom. The zero-order valence-electron chi connectivity index (χ0n) is 20.0. The van der Waals surface area contributed by atoms with Crippen molar-refractivity contribution in [3.63, 3.8) is 0 Å². The number of nitrogens with one attached hydrogen (secondary N) is 2. The number of hydrogen-bond donors (Lipinski definition) is 3. The minimum Gasteiger partial charge on any atom is -0.483 e. The van der Waals surface area contributed by atoms with Crippen LogP contribution in [0.1, 0.15) is 31.9 Å². The Hall–Kier alpha value is -3.16. The molecule has 0 saturated heterocycles. The fourth-order valence-electron chi connectivity index (χ4n) is 3.01. The van der Waals surface area contributed by atoms with Gasteiger partial charge in [0.25, 0.3) is 16.5 Å². The van der Waals surface area contributed by atoms with E-state index in [2.05, 4.69) is 14.6 Å². The first-order chi connectivity index (χ1) is 16.8. The van der Waals surface area contributed by atoms with Crippen LogP contribution in [0.4, 0.5) is 24.7 Å². The molecule has 0 unspecified atom stereocenters. The minimum absolute atomic E-state index is 0.0176. The Balaban J connectivity index is 0.00000145. The summed E-state index contributed by atoms with van der Waals surface area (Å²) in [5.41, 5.74) is 0.928. The van der Waals surface area contributed by atoms with Crippen molar-refractivity contribution in [3.8, 4) is 0 Å². The van der Waals surface area contributed by atoms with E-state index in [9.17, 15) is 21.6 Å². The highest BCUT2D eigenvalue weighted by Crippen LogP contribution is 2.27. The maximum absolute atomic E-state index is 14.6. The van der Waals surface area contributed by atoms with Gasteiger partial charge in [0, 0.05) is 35.3 Å². The van der Waals surface area contributed by atoms with Crippen molar-refractivity contribution in [1.29, 1.82) is 0 Å². The van der Waals surface area contributed by atoms with Gasteiger partial charge in [0.1, 0.15) is 17.5 Å². The van der Waals surface area contributed by atoms with Crippen LogP contribution in [0.5, 0.6) is 0 Å². The van der Waals surface area contributed by atoms with Crippen LogP contribution in [0.3, 0.4) is 0 Å². The van der Waals surface area contributed by atoms with Crippen molar-refractivity contribution in [2.75, 3.05) is 17.1 Å². The highest BCUT2D eigenvalue weighted by atomic mass is 32.2. The number of carbonyl (C=O) groups is 1. The second-order valence-corrected chi connectivity index (χ2v) is 10.9. The number of rotatable bonds is 8. The number of nitrogens with zero attached hydrogens (tertiary/aromatic N) is 2. The van der Waals surface area contributed by atoms with Gasteiger partial charge in [-0.1, -0.05) is 12.1 Å². The van der Waals surface area contributed by atoms with E-state index in [-0.39, 0.29) is 30.1 Å². The summed E-state index contributed by atoms with van der Waals surface area (Å²) in [7, 11) is -2.60. The standard InChI is InChI=1S/C22H25F3N4O2S2.CH2O2/c1-22(2,3)29(4)13-14-6-5-7-17(23)16(14)12-26-15-10-18(24)21(19(25)11-15)33(30,31)28-20-8-9-32-27-20;2-1-3/h5-11,26H,12-13H2,1-4H3,(H,27,28);1H,(H,2,3). The molecule has 0 atom stereocenters. The summed E-state index contributed by atoms with van der Waals surface area (Å²) in [6.45, 7) is 6.29. The fourth-order valence-corrected chi connectivity index (χ4v) is 4.66. The largest absolute Gasteiger partial charge is 0.483 e. The number of anilines is 2. The summed E-state index contributed by atoms with van der Waals surface area (Å²) >= 11 is 0.990. The molecule has 0 aliphatic heterocycles. The Kier molecular flexibility index (Phi) is 9.85. The Labute approximate surface area is 212 Å². The third-order valence-corrected chi connectivity index (χ3v) is 7.15. The molecule has 36 heavy (non-hydrogen) atoms. The normalized spacial score (nSPS) is 11.6. The van der Waals surface area contributed by atoms with E-state index in [0.29, 0.717) is 12.1 Å². The molecule has 3 aromatic rings. The van der Waals surface area contributed by atoms with Gasteiger partial charge in [0.15, 0.2) is 10.7 Å². The molecule has 0 spiro atoms. The summed E-state index contributed by atoms with van der Waals surface area (Å²) in [6, 6.07) is 7.82. The van der Waals surface area contributed by atoms with Crippen LogP contribution in [0, 0.1) is 17.5 Å². The lowest BCUT2D eigenvalue weighted by Crippen LogP contribution is -2.37. The second-order valence-electron chi connectivity index (χ2n) is 8.62. The highest BCUT2D eigenvalue weighted by Gasteiger charge is 2.26. The molecule has 1 aromatic heterocycles. The predicted molar refractivity (Wildman–Crippen MR) is 133 cm³/mol. The van der Waals surface area contributed by atoms with Gasteiger partial charge in [-0.15, -0.1) is 0 Å². The van der Waals surface area contributed by atoms with Crippen LogP contribution < -0.4 is 10.0 Å². The zero-order valence-corrected chi connectivity index (χ0v) is 21.7. The summed E-state index contributed by atoms with van der Waals surface area (Å²) in [5, 5.41) is 11.2. The number of halogens is 3. The topological polar surface area (TPSA) is 112 Å². The monoisotopic (exact) mass is 544 g/mol. The van der Waals surface area contributed by atoms with Crippen LogP contribution >= 0.6 is 11.5 Å². The number of hydrogen-bond acceptors (Lipinski definition) is 7. The molecule has 13 heteroatoms. The molecule has 0 aliphatic carbocycles. The lowest BCUT2D eigenvalue weighted by Gasteiger charge is -2.32. The highest BCUT2D eigenvalue weighted by molar-refractivity contribution is 7.92. The molecule has 2 aromatic carbocycles. The maximum atomic E-state index is 14.6. The van der Waals surface area contributed by atoms with Crippen LogP contribution in [0.15, 0.2) is 46.7 Å². The Bertz CT molecular complexity index is 1260. The van der Waals surface area contributed by atoms with Crippen molar-refractivity contribution < 1.29 is 31.5 Å². The molecule has 0 aliphatic rings. The lowest BCUT2D eigenvalue weighted by atomic mass is 10.0. The van der Waals surface area contributed by atoms with Crippen molar-refractivity contribution in [1.82, 2.24) is 9.27 Å². The van der Waals surface area contributed by atoms with Crippen LogP contribution in [0.2, 0.25) is 0 Å². The number of sulfonamides is 1. The summed E-state index contributed by atoms with van der Waals surface area (Å²) < 4.78 is 74.4. The molecular formula is C23H27F3N4O4S2. The summed E-state index contributed by atoms with van der Waals surface area (Å²) in [5.74, 6) is -3.04. The fraction of sp³-hybridized carbons (Fsp3) is 0.304. The smallest absolute Gasteiger partial charge is 0.290 e. The van der Waals surface area contributed by atoms with E-state index in [1.165, 1.54) is 17.5 Å². The van der Waals surface area contributed by atoms with Crippen LogP contribution in [-0.4, -0.2) is 41.9 Å². The first-order valence-electron chi connectivity index (χ1n) is 10.5. The summed E-state index contributed by atoms with van der Waals surface area (Å²) in [4.78, 5) is 9.30. The van der Waals surface area contributed by atoms with E-state index in [0.717, 1.165) is 29.2 Å². The van der Waals surface area contributed by atoms with Gasteiger partial charge in [-0.3, -0.25) is 14.4 Å². The van der Waals surface area contributed by atoms with E-state index >= 15 is 0 Å². The van der Waals surface area contributed by atoms with Gasteiger partial charge in [0.2, 0.25) is 0 Å². The first-order valence-corrected chi connectivity index (χ1v) is 12.8. The third kappa shape index (κ3) is 7.67. The molecule has 3 N–H and O–H groups in total. The van der Waals surface area contributed by atoms with Gasteiger partial charge in [-0.2, -0.15) is 4.37 Å². The number of benzene rings is 2. The average molecular weight is 545 g/mol. The Morgan fingerprint density at radius 2 is 1.72 bits per heavy atom. The van der Waals surface area contributed by atoms with Crippen molar-refractivity contribution in [3.05, 3.63) is 70.4 Å². The minimum atomic E-state index is -4.52. The quantitative estimate of drug-likeness (QED) is 0.346.